The van der Waals surface area contributed by atoms with E-state index in [0.29, 0.717) is 18.0 Å². The molecule has 1 heterocycles. The Kier molecular flexibility index (Phi) is 5.31. The van der Waals surface area contributed by atoms with Gasteiger partial charge in [-0.25, -0.2) is 17.9 Å². The summed E-state index contributed by atoms with van der Waals surface area (Å²) in [6.07, 6.45) is 3.68. The Morgan fingerprint density at radius 3 is 2.64 bits per heavy atom. The number of sulfonamides is 1. The summed E-state index contributed by atoms with van der Waals surface area (Å²) in [5.74, 6) is 0.422. The summed E-state index contributed by atoms with van der Waals surface area (Å²) in [7, 11) is -2.12. The molecule has 7 nitrogen and oxygen atoms in total. The zero-order chi connectivity index (χ0) is 19.7. The van der Waals surface area contributed by atoms with Crippen LogP contribution in [0.3, 0.4) is 0 Å². The topological polar surface area (TPSA) is 87.7 Å². The minimum Gasteiger partial charge on any atom is -0.495 e. The monoisotopic (exact) mass is 421 g/mol. The van der Waals surface area contributed by atoms with Gasteiger partial charge >= 0.3 is 6.03 Å². The van der Waals surface area contributed by atoms with Crippen molar-refractivity contribution in [3.05, 3.63) is 40.6 Å². The quantitative estimate of drug-likeness (QED) is 0.684. The number of benzene rings is 1. The van der Waals surface area contributed by atoms with E-state index in [1.54, 1.807) is 22.3 Å². The minimum absolute atomic E-state index is 0.0151. The molecule has 1 aromatic carbocycles. The summed E-state index contributed by atoms with van der Waals surface area (Å²) < 4.78 is 33.0. The zero-order valence-corrected chi connectivity index (χ0v) is 17.2. The highest BCUT2D eigenvalue weighted by Crippen LogP contribution is 2.32. The van der Waals surface area contributed by atoms with Crippen LogP contribution in [-0.4, -0.2) is 38.5 Å². The fourth-order valence-electron chi connectivity index (χ4n) is 2.95. The number of rotatable bonds is 8. The first-order valence-corrected chi connectivity index (χ1v) is 11.6. The molecule has 2 aliphatic carbocycles. The molecule has 2 aliphatic rings. The van der Waals surface area contributed by atoms with E-state index in [9.17, 15) is 13.2 Å². The molecule has 2 fully saturated rings. The van der Waals surface area contributed by atoms with Gasteiger partial charge in [0.15, 0.2) is 0 Å². The van der Waals surface area contributed by atoms with Crippen LogP contribution < -0.4 is 14.8 Å². The van der Waals surface area contributed by atoms with Crippen LogP contribution in [-0.2, 0) is 16.6 Å². The molecule has 1 aromatic heterocycles. The van der Waals surface area contributed by atoms with Gasteiger partial charge in [-0.2, -0.15) is 0 Å². The molecule has 9 heteroatoms. The van der Waals surface area contributed by atoms with Crippen LogP contribution >= 0.6 is 11.3 Å². The Bertz CT molecular complexity index is 952. The van der Waals surface area contributed by atoms with Crippen molar-refractivity contribution in [2.24, 2.45) is 0 Å². The maximum Gasteiger partial charge on any atom is 0.322 e. The van der Waals surface area contributed by atoms with E-state index in [1.807, 2.05) is 17.5 Å². The number of carbonyl (C=O) groups is 1. The number of carbonyl (C=O) groups excluding carboxylic acids is 1. The second-order valence-corrected chi connectivity index (χ2v) is 9.87. The summed E-state index contributed by atoms with van der Waals surface area (Å²) in [6, 6.07) is 8.47. The third-order valence-electron chi connectivity index (χ3n) is 4.78. The molecule has 0 atom stereocenters. The highest BCUT2D eigenvalue weighted by molar-refractivity contribution is 7.89. The average Bonchev–Trinajstić information content (AvgIpc) is 3.60. The van der Waals surface area contributed by atoms with Crippen LogP contribution in [0.2, 0.25) is 0 Å². The predicted molar refractivity (Wildman–Crippen MR) is 108 cm³/mol. The summed E-state index contributed by atoms with van der Waals surface area (Å²) in [6.45, 7) is 0.539. The number of amides is 2. The fraction of sp³-hybridized carbons (Fsp3) is 0.421. The maximum absolute atomic E-state index is 12.9. The van der Waals surface area contributed by atoms with Crippen molar-refractivity contribution in [1.82, 2.24) is 9.62 Å². The highest BCUT2D eigenvalue weighted by Gasteiger charge is 2.33. The van der Waals surface area contributed by atoms with Crippen molar-refractivity contribution in [1.29, 1.82) is 0 Å². The molecule has 0 radical (unpaired) electrons. The summed E-state index contributed by atoms with van der Waals surface area (Å²) in [4.78, 5) is 16.0. The number of ether oxygens (including phenoxy) is 1. The van der Waals surface area contributed by atoms with Crippen LogP contribution in [0.15, 0.2) is 40.6 Å². The number of methoxy groups -OCH3 is 1. The molecule has 2 amide bonds. The number of hydrogen-bond acceptors (Lipinski definition) is 5. The molecule has 0 spiro atoms. The van der Waals surface area contributed by atoms with Gasteiger partial charge in [0.05, 0.1) is 24.2 Å². The Hall–Kier alpha value is -2.10. The molecule has 28 heavy (non-hydrogen) atoms. The van der Waals surface area contributed by atoms with E-state index in [4.69, 9.17) is 4.74 Å². The zero-order valence-electron chi connectivity index (χ0n) is 15.6. The molecule has 2 saturated carbocycles. The summed E-state index contributed by atoms with van der Waals surface area (Å²) in [5.41, 5.74) is 0.350. The molecule has 0 aliphatic heterocycles. The van der Waals surface area contributed by atoms with Crippen LogP contribution in [0.5, 0.6) is 5.75 Å². The van der Waals surface area contributed by atoms with Gasteiger partial charge in [0.2, 0.25) is 10.0 Å². The van der Waals surface area contributed by atoms with E-state index in [0.717, 1.165) is 30.6 Å². The molecule has 2 N–H and O–H groups in total. The van der Waals surface area contributed by atoms with E-state index in [2.05, 4.69) is 10.0 Å². The van der Waals surface area contributed by atoms with Crippen LogP contribution in [0.4, 0.5) is 10.5 Å². The lowest BCUT2D eigenvalue weighted by Crippen LogP contribution is -2.36. The second kappa shape index (κ2) is 7.73. The number of urea groups is 1. The number of anilines is 1. The first-order valence-electron chi connectivity index (χ1n) is 9.26. The third kappa shape index (κ3) is 4.48. The van der Waals surface area contributed by atoms with Gasteiger partial charge in [0.1, 0.15) is 5.75 Å². The third-order valence-corrected chi connectivity index (χ3v) is 7.16. The minimum atomic E-state index is -3.61. The number of thiophene rings is 1. The molecule has 0 saturated heterocycles. The number of nitrogens with one attached hydrogen (secondary N) is 2. The lowest BCUT2D eigenvalue weighted by Gasteiger charge is -2.23. The van der Waals surface area contributed by atoms with Gasteiger partial charge in [-0.15, -0.1) is 11.3 Å². The van der Waals surface area contributed by atoms with E-state index >= 15 is 0 Å². The normalized spacial score (nSPS) is 16.6. The molecule has 4 rings (SSSR count). The largest absolute Gasteiger partial charge is 0.495 e. The lowest BCUT2D eigenvalue weighted by atomic mass is 10.3. The van der Waals surface area contributed by atoms with Gasteiger partial charge in [0, 0.05) is 17.0 Å². The Morgan fingerprint density at radius 2 is 2.04 bits per heavy atom. The van der Waals surface area contributed by atoms with Crippen molar-refractivity contribution >= 4 is 33.1 Å². The van der Waals surface area contributed by atoms with Gasteiger partial charge in [-0.05, 0) is 55.3 Å². The van der Waals surface area contributed by atoms with E-state index < -0.39 is 10.0 Å². The van der Waals surface area contributed by atoms with E-state index in [1.165, 1.54) is 19.2 Å². The molecular weight excluding hydrogens is 398 g/mol. The molecule has 0 unspecified atom stereocenters. The summed E-state index contributed by atoms with van der Waals surface area (Å²) in [5, 5.41) is 4.84. The van der Waals surface area contributed by atoms with Crippen molar-refractivity contribution in [3.63, 3.8) is 0 Å². The standard InChI is InChI=1S/C19H23N3O4S2/c1-26-18-9-8-16(28(24,25)21-13-4-5-13)11-17(18)20-19(23)22(14-6-7-14)12-15-3-2-10-27-15/h2-3,8-11,13-14,21H,4-7,12H2,1H3,(H,20,23). The predicted octanol–water partition coefficient (Wildman–Crippen LogP) is 3.39. The van der Waals surface area contributed by atoms with Gasteiger partial charge in [0.25, 0.3) is 0 Å². The van der Waals surface area contributed by atoms with Crippen molar-refractivity contribution in [3.8, 4) is 5.75 Å². The first-order chi connectivity index (χ1) is 13.5. The van der Waals surface area contributed by atoms with Gasteiger partial charge in [-0.1, -0.05) is 6.07 Å². The first kappa shape index (κ1) is 19.2. The van der Waals surface area contributed by atoms with E-state index in [-0.39, 0.29) is 23.0 Å². The Labute approximate surface area is 168 Å². The molecule has 150 valence electrons. The molecule has 0 bridgehead atoms. The van der Waals surface area contributed by atoms with Gasteiger partial charge < -0.3 is 15.0 Å². The van der Waals surface area contributed by atoms with Crippen molar-refractivity contribution in [2.75, 3.05) is 12.4 Å². The smallest absolute Gasteiger partial charge is 0.322 e. The van der Waals surface area contributed by atoms with Crippen molar-refractivity contribution in [2.45, 2.75) is 49.2 Å². The van der Waals surface area contributed by atoms with Crippen LogP contribution in [0.1, 0.15) is 30.6 Å². The van der Waals surface area contributed by atoms with Crippen molar-refractivity contribution < 1.29 is 17.9 Å². The fourth-order valence-corrected chi connectivity index (χ4v) is 4.98. The van der Waals surface area contributed by atoms with Crippen LogP contribution in [0.25, 0.3) is 0 Å². The Morgan fingerprint density at radius 1 is 1.25 bits per heavy atom. The second-order valence-electron chi connectivity index (χ2n) is 7.13. The van der Waals surface area contributed by atoms with Gasteiger partial charge in [-0.3, -0.25) is 0 Å². The lowest BCUT2D eigenvalue weighted by molar-refractivity contribution is 0.206. The molecule has 2 aromatic rings. The number of nitrogens with zero attached hydrogens (tertiary/aromatic N) is 1. The number of hydrogen-bond donors (Lipinski definition) is 2. The maximum atomic E-state index is 12.9. The summed E-state index contributed by atoms with van der Waals surface area (Å²) >= 11 is 1.61. The average molecular weight is 422 g/mol. The highest BCUT2D eigenvalue weighted by atomic mass is 32.2. The molecular formula is C19H23N3O4S2. The van der Waals surface area contributed by atoms with Crippen LogP contribution in [0, 0.1) is 0 Å². The SMILES string of the molecule is COc1ccc(S(=O)(=O)NC2CC2)cc1NC(=O)N(Cc1cccs1)C1CC1. The Balaban J connectivity index is 1.54.